The zero-order valence-corrected chi connectivity index (χ0v) is 11.6. The highest BCUT2D eigenvalue weighted by atomic mass is 32.1. The lowest BCUT2D eigenvalue weighted by Gasteiger charge is -2.29. The molecule has 1 amide bonds. The van der Waals surface area contributed by atoms with Gasteiger partial charge in [0.25, 0.3) is 0 Å². The standard InChI is InChI=1S/C13H16N4OS/c1-10(7-11-3-2-6-19-11)13(18)16-4-5-17-9-14-15-12(17)8-16/h2-3,6,9-10H,4-5,7-8H2,1H3. The van der Waals surface area contributed by atoms with Gasteiger partial charge >= 0.3 is 0 Å². The van der Waals surface area contributed by atoms with Crippen LogP contribution in [0.15, 0.2) is 23.8 Å². The van der Waals surface area contributed by atoms with Crippen LogP contribution in [0.3, 0.4) is 0 Å². The van der Waals surface area contributed by atoms with Gasteiger partial charge in [0, 0.05) is 23.9 Å². The molecule has 1 aliphatic rings. The molecule has 0 fully saturated rings. The second-order valence-electron chi connectivity index (χ2n) is 4.88. The van der Waals surface area contributed by atoms with Crippen LogP contribution in [0.1, 0.15) is 17.6 Å². The summed E-state index contributed by atoms with van der Waals surface area (Å²) in [7, 11) is 0. The Bertz CT molecular complexity index is 563. The molecule has 1 unspecified atom stereocenters. The van der Waals surface area contributed by atoms with Gasteiger partial charge in [-0.25, -0.2) is 0 Å². The van der Waals surface area contributed by atoms with Crippen LogP contribution < -0.4 is 0 Å². The molecule has 0 aliphatic carbocycles. The number of hydrogen-bond donors (Lipinski definition) is 0. The van der Waals surface area contributed by atoms with E-state index >= 15 is 0 Å². The molecule has 6 heteroatoms. The summed E-state index contributed by atoms with van der Waals surface area (Å²) in [6, 6.07) is 4.11. The number of fused-ring (bicyclic) bond motifs is 1. The van der Waals surface area contributed by atoms with Gasteiger partial charge in [-0.2, -0.15) is 0 Å². The molecule has 0 N–H and O–H groups in total. The zero-order chi connectivity index (χ0) is 13.2. The van der Waals surface area contributed by atoms with Crippen molar-refractivity contribution in [3.63, 3.8) is 0 Å². The van der Waals surface area contributed by atoms with Crippen molar-refractivity contribution >= 4 is 17.2 Å². The smallest absolute Gasteiger partial charge is 0.226 e. The quantitative estimate of drug-likeness (QED) is 0.855. The van der Waals surface area contributed by atoms with E-state index in [2.05, 4.69) is 21.6 Å². The summed E-state index contributed by atoms with van der Waals surface area (Å²) in [5.74, 6) is 1.11. The first-order valence-electron chi connectivity index (χ1n) is 6.42. The molecule has 0 bridgehead atoms. The molecular weight excluding hydrogens is 260 g/mol. The third-order valence-corrected chi connectivity index (χ3v) is 4.36. The predicted octanol–water partition coefficient (Wildman–Crippen LogP) is 1.56. The summed E-state index contributed by atoms with van der Waals surface area (Å²) in [5.41, 5.74) is 0. The van der Waals surface area contributed by atoms with Crippen LogP contribution in [0.2, 0.25) is 0 Å². The average molecular weight is 276 g/mol. The van der Waals surface area contributed by atoms with Crippen molar-refractivity contribution in [2.45, 2.75) is 26.4 Å². The number of hydrogen-bond acceptors (Lipinski definition) is 4. The van der Waals surface area contributed by atoms with E-state index in [0.717, 1.165) is 25.3 Å². The molecule has 100 valence electrons. The van der Waals surface area contributed by atoms with E-state index in [9.17, 15) is 4.79 Å². The van der Waals surface area contributed by atoms with Gasteiger partial charge in [0.15, 0.2) is 5.82 Å². The maximum Gasteiger partial charge on any atom is 0.226 e. The maximum absolute atomic E-state index is 12.4. The third-order valence-electron chi connectivity index (χ3n) is 3.46. The number of nitrogens with zero attached hydrogens (tertiary/aromatic N) is 4. The predicted molar refractivity (Wildman–Crippen MR) is 72.6 cm³/mol. The molecule has 3 heterocycles. The third kappa shape index (κ3) is 2.53. The number of carbonyl (C=O) groups is 1. The molecule has 1 atom stereocenters. The second-order valence-corrected chi connectivity index (χ2v) is 5.92. The molecule has 0 spiro atoms. The number of carbonyl (C=O) groups excluding carboxylic acids is 1. The molecule has 2 aromatic heterocycles. The van der Waals surface area contributed by atoms with Gasteiger partial charge in [-0.1, -0.05) is 13.0 Å². The normalized spacial score (nSPS) is 16.2. The van der Waals surface area contributed by atoms with E-state index < -0.39 is 0 Å². The summed E-state index contributed by atoms with van der Waals surface area (Å²) >= 11 is 1.71. The Morgan fingerprint density at radius 2 is 2.42 bits per heavy atom. The summed E-state index contributed by atoms with van der Waals surface area (Å²) in [4.78, 5) is 15.6. The fourth-order valence-electron chi connectivity index (χ4n) is 2.38. The minimum Gasteiger partial charge on any atom is -0.333 e. The molecule has 0 saturated carbocycles. The van der Waals surface area contributed by atoms with E-state index in [0.29, 0.717) is 6.54 Å². The monoisotopic (exact) mass is 276 g/mol. The average Bonchev–Trinajstić information content (AvgIpc) is 3.07. The lowest BCUT2D eigenvalue weighted by molar-refractivity contribution is -0.136. The van der Waals surface area contributed by atoms with E-state index in [1.165, 1.54) is 4.88 Å². The van der Waals surface area contributed by atoms with Crippen LogP contribution in [-0.2, 0) is 24.3 Å². The minimum atomic E-state index is 0.0214. The molecule has 1 aliphatic heterocycles. The Morgan fingerprint density at radius 3 is 3.21 bits per heavy atom. The Morgan fingerprint density at radius 1 is 1.53 bits per heavy atom. The Labute approximate surface area is 115 Å². The Balaban J connectivity index is 1.65. The van der Waals surface area contributed by atoms with Gasteiger partial charge in [0.05, 0.1) is 6.54 Å². The highest BCUT2D eigenvalue weighted by Gasteiger charge is 2.25. The zero-order valence-electron chi connectivity index (χ0n) is 10.8. The van der Waals surface area contributed by atoms with Gasteiger partial charge in [-0.3, -0.25) is 4.79 Å². The topological polar surface area (TPSA) is 51.0 Å². The largest absolute Gasteiger partial charge is 0.333 e. The van der Waals surface area contributed by atoms with Crippen LogP contribution in [-0.4, -0.2) is 32.1 Å². The fraction of sp³-hybridized carbons (Fsp3) is 0.462. The fourth-order valence-corrected chi connectivity index (χ4v) is 3.22. The van der Waals surface area contributed by atoms with Gasteiger partial charge < -0.3 is 9.47 Å². The molecule has 5 nitrogen and oxygen atoms in total. The molecule has 0 aromatic carbocycles. The highest BCUT2D eigenvalue weighted by molar-refractivity contribution is 7.09. The minimum absolute atomic E-state index is 0.0214. The summed E-state index contributed by atoms with van der Waals surface area (Å²) in [6.07, 6.45) is 2.55. The molecule has 2 aromatic rings. The van der Waals surface area contributed by atoms with Crippen molar-refractivity contribution in [2.75, 3.05) is 6.54 Å². The van der Waals surface area contributed by atoms with Crippen LogP contribution in [0, 0.1) is 5.92 Å². The van der Waals surface area contributed by atoms with Crippen LogP contribution in [0.4, 0.5) is 0 Å². The van der Waals surface area contributed by atoms with Crippen molar-refractivity contribution < 1.29 is 4.79 Å². The number of thiophene rings is 1. The van der Waals surface area contributed by atoms with E-state index in [-0.39, 0.29) is 11.8 Å². The molecule has 0 radical (unpaired) electrons. The summed E-state index contributed by atoms with van der Waals surface area (Å²) in [6.45, 7) is 4.12. The Kier molecular flexibility index (Phi) is 3.33. The number of rotatable bonds is 3. The van der Waals surface area contributed by atoms with Gasteiger partial charge in [-0.05, 0) is 17.9 Å². The van der Waals surface area contributed by atoms with Gasteiger partial charge in [0.2, 0.25) is 5.91 Å². The summed E-state index contributed by atoms with van der Waals surface area (Å²) < 4.78 is 2.01. The first-order valence-corrected chi connectivity index (χ1v) is 7.30. The molecule has 19 heavy (non-hydrogen) atoms. The first kappa shape index (κ1) is 12.3. The van der Waals surface area contributed by atoms with Crippen molar-refractivity contribution in [2.24, 2.45) is 5.92 Å². The maximum atomic E-state index is 12.4. The lowest BCUT2D eigenvalue weighted by atomic mass is 10.0. The lowest BCUT2D eigenvalue weighted by Crippen LogP contribution is -2.41. The SMILES string of the molecule is CC(Cc1cccs1)C(=O)N1CCn2cnnc2C1. The summed E-state index contributed by atoms with van der Waals surface area (Å²) in [5, 5.41) is 9.98. The van der Waals surface area contributed by atoms with Gasteiger partial charge in [-0.15, -0.1) is 21.5 Å². The van der Waals surface area contributed by atoms with Crippen LogP contribution in [0.5, 0.6) is 0 Å². The van der Waals surface area contributed by atoms with Crippen LogP contribution in [0.25, 0.3) is 0 Å². The highest BCUT2D eigenvalue weighted by Crippen LogP contribution is 2.18. The molecule has 0 saturated heterocycles. The van der Waals surface area contributed by atoms with Crippen LogP contribution >= 0.6 is 11.3 Å². The van der Waals surface area contributed by atoms with Crippen molar-refractivity contribution in [1.82, 2.24) is 19.7 Å². The van der Waals surface area contributed by atoms with Crippen molar-refractivity contribution in [3.8, 4) is 0 Å². The van der Waals surface area contributed by atoms with Crippen molar-refractivity contribution in [1.29, 1.82) is 0 Å². The first-order chi connectivity index (χ1) is 9.24. The number of amides is 1. The van der Waals surface area contributed by atoms with E-state index in [4.69, 9.17) is 0 Å². The molecule has 3 rings (SSSR count). The second kappa shape index (κ2) is 5.13. The number of aromatic nitrogens is 3. The van der Waals surface area contributed by atoms with Gasteiger partial charge in [0.1, 0.15) is 6.33 Å². The van der Waals surface area contributed by atoms with Crippen molar-refractivity contribution in [3.05, 3.63) is 34.5 Å². The molecular formula is C13H16N4OS. The van der Waals surface area contributed by atoms with E-state index in [1.54, 1.807) is 17.7 Å². The Hall–Kier alpha value is -1.69. The van der Waals surface area contributed by atoms with E-state index in [1.807, 2.05) is 22.5 Å².